The molecule has 0 radical (unpaired) electrons. The molecule has 17 nitrogen and oxygen atoms in total. The maximum Gasteiger partial charge on any atom is 0.472 e. The van der Waals surface area contributed by atoms with Gasteiger partial charge in [0.1, 0.15) is 19.3 Å². The van der Waals surface area contributed by atoms with Crippen molar-refractivity contribution in [3.05, 3.63) is 13.8 Å². The van der Waals surface area contributed by atoms with Crippen LogP contribution in [0.4, 0.5) is 0 Å². The number of esters is 4. The lowest BCUT2D eigenvalue weighted by molar-refractivity contribution is -0.161. The molecule has 0 saturated carbocycles. The molecule has 330 valence electrons. The Labute approximate surface area is 333 Å². The van der Waals surface area contributed by atoms with E-state index in [1.807, 2.05) is 0 Å². The van der Waals surface area contributed by atoms with Crippen LogP contribution in [0.15, 0.2) is 0 Å². The molecule has 19 heteroatoms. The largest absolute Gasteiger partial charge is 0.472 e. The number of unbranched alkanes of at least 4 members (excludes halogenated alkanes) is 13. The quantitative estimate of drug-likeness (QED) is 0.0186. The number of hydrogen-bond donors (Lipinski definition) is 3. The zero-order chi connectivity index (χ0) is 42.1. The first-order valence-corrected chi connectivity index (χ1v) is 22.9. The summed E-state index contributed by atoms with van der Waals surface area (Å²) in [5.74, 6) is -2.35. The molecule has 0 aliphatic rings. The number of carbonyl (C=O) groups is 4. The number of carbonyl (C=O) groups excluding carboxylic acids is 4. The Morgan fingerprint density at radius 3 is 1.27 bits per heavy atom. The van der Waals surface area contributed by atoms with Gasteiger partial charge in [-0.3, -0.25) is 37.3 Å². The number of hydrogen-bond acceptors (Lipinski definition) is 15. The highest BCUT2D eigenvalue weighted by Gasteiger charge is 2.30. The molecule has 0 aliphatic carbocycles. The molecule has 0 rings (SSSR count). The van der Waals surface area contributed by atoms with Crippen LogP contribution in [0, 0.1) is 13.8 Å². The lowest BCUT2D eigenvalue weighted by atomic mass is 10.1. The molecule has 0 saturated heterocycles. The fourth-order valence-electron chi connectivity index (χ4n) is 4.75. The molecule has 5 atom stereocenters. The minimum atomic E-state index is -4.90. The van der Waals surface area contributed by atoms with Crippen molar-refractivity contribution in [2.75, 3.05) is 39.6 Å². The van der Waals surface area contributed by atoms with Crippen molar-refractivity contribution in [3.63, 3.8) is 0 Å². The van der Waals surface area contributed by atoms with Crippen molar-refractivity contribution in [1.82, 2.24) is 0 Å². The van der Waals surface area contributed by atoms with Crippen LogP contribution in [0.3, 0.4) is 0 Å². The number of ether oxygens (including phenoxy) is 4. The van der Waals surface area contributed by atoms with Gasteiger partial charge in [0.05, 0.1) is 26.4 Å². The fourth-order valence-corrected chi connectivity index (χ4v) is 6.33. The molecular weight excluding hydrogens is 778 g/mol. The number of aliphatic hydroxyl groups is 1. The third-order valence-corrected chi connectivity index (χ3v) is 9.85. The van der Waals surface area contributed by atoms with Crippen LogP contribution in [-0.4, -0.2) is 96.7 Å². The van der Waals surface area contributed by atoms with E-state index in [1.54, 1.807) is 6.92 Å². The van der Waals surface area contributed by atoms with Crippen molar-refractivity contribution >= 4 is 39.5 Å². The minimum absolute atomic E-state index is 0.0474. The molecule has 0 aromatic carbocycles. The van der Waals surface area contributed by atoms with Gasteiger partial charge in [-0.25, -0.2) is 9.13 Å². The number of phosphoric ester groups is 2. The summed E-state index contributed by atoms with van der Waals surface area (Å²) in [7, 11) is -9.79. The zero-order valence-corrected chi connectivity index (χ0v) is 35.3. The second-order valence-electron chi connectivity index (χ2n) is 13.3. The first kappa shape index (κ1) is 54.1. The maximum absolute atomic E-state index is 12.6. The molecular formula is C37H68O17P2-2. The first-order chi connectivity index (χ1) is 26.7. The smallest absolute Gasteiger partial charge is 0.462 e. The summed E-state index contributed by atoms with van der Waals surface area (Å²) in [6.07, 6.45) is 9.83. The topological polar surface area (TPSA) is 237 Å². The van der Waals surface area contributed by atoms with E-state index in [2.05, 4.69) is 20.8 Å². The normalized spacial score (nSPS) is 15.2. The van der Waals surface area contributed by atoms with Crippen molar-refractivity contribution < 1.29 is 80.2 Å². The Balaban J connectivity index is 4.99. The molecule has 56 heavy (non-hydrogen) atoms. The molecule has 0 amide bonds. The lowest BCUT2D eigenvalue weighted by Crippen LogP contribution is -2.30. The summed E-state index contributed by atoms with van der Waals surface area (Å²) in [6, 6.07) is 0. The molecule has 0 aromatic rings. The Morgan fingerprint density at radius 1 is 0.500 bits per heavy atom. The van der Waals surface area contributed by atoms with Gasteiger partial charge in [-0.2, -0.15) is 12.8 Å². The summed E-state index contributed by atoms with van der Waals surface area (Å²) in [5, 5.41) is 10.2. The summed E-state index contributed by atoms with van der Waals surface area (Å²) in [6.45, 7) is 7.15. The SMILES string of the molecule is [CH2-]CCCCCCC(=O)OC[C@H](COP(=O)(O)OC[C@@H](O)COP(=O)(O)OC[C@@H](COC(=O)CC)OC(=O)CCCCCCCC)OC(=O)CCCCCC[CH2-]. The van der Waals surface area contributed by atoms with Crippen LogP contribution < -0.4 is 0 Å². The highest BCUT2D eigenvalue weighted by molar-refractivity contribution is 7.47. The van der Waals surface area contributed by atoms with E-state index in [4.69, 9.17) is 37.0 Å². The molecule has 0 aromatic heterocycles. The molecule has 0 fully saturated rings. The predicted molar refractivity (Wildman–Crippen MR) is 206 cm³/mol. The second kappa shape index (κ2) is 34.0. The third-order valence-electron chi connectivity index (χ3n) is 7.95. The summed E-state index contributed by atoms with van der Waals surface area (Å²) in [5.41, 5.74) is 0. The highest BCUT2D eigenvalue weighted by atomic mass is 31.2. The molecule has 0 aliphatic heterocycles. The van der Waals surface area contributed by atoms with Crippen LogP contribution >= 0.6 is 15.6 Å². The monoisotopic (exact) mass is 846 g/mol. The Hall–Kier alpha value is -1.94. The highest BCUT2D eigenvalue weighted by Crippen LogP contribution is 2.45. The van der Waals surface area contributed by atoms with Gasteiger partial charge in [0, 0.05) is 25.7 Å². The van der Waals surface area contributed by atoms with Gasteiger partial charge in [0.25, 0.3) is 0 Å². The molecule has 0 spiro atoms. The van der Waals surface area contributed by atoms with Crippen molar-refractivity contribution in [2.24, 2.45) is 0 Å². The van der Waals surface area contributed by atoms with Crippen LogP contribution in [0.1, 0.15) is 142 Å². The van der Waals surface area contributed by atoms with Gasteiger partial charge < -0.3 is 47.7 Å². The number of phosphoric acid groups is 2. The van der Waals surface area contributed by atoms with Crippen LogP contribution in [-0.2, 0) is 65.4 Å². The van der Waals surface area contributed by atoms with Gasteiger partial charge >= 0.3 is 39.5 Å². The Bertz CT molecular complexity index is 1150. The Morgan fingerprint density at radius 2 is 0.857 bits per heavy atom. The summed E-state index contributed by atoms with van der Waals surface area (Å²) >= 11 is 0. The van der Waals surface area contributed by atoms with Gasteiger partial charge in [-0.15, -0.1) is 0 Å². The minimum Gasteiger partial charge on any atom is -0.462 e. The van der Waals surface area contributed by atoms with Gasteiger partial charge in [-0.1, -0.05) is 84.5 Å². The maximum atomic E-state index is 12.6. The van der Waals surface area contributed by atoms with Crippen molar-refractivity contribution in [3.8, 4) is 0 Å². The molecule has 3 N–H and O–H groups in total. The standard InChI is InChI=1S/C37H68O17P2/c1-5-9-12-15-18-21-24-37(42)53-32(27-47-34(39)8-4)29-51-55(43,44)49-25-31(38)26-50-56(45,46)52-30-33(54-36(41)23-20-17-14-11-7-3)28-48-35(40)22-19-16-13-10-6-2/h31-33,38H,2-3,5-30H2,1,4H3,(H,43,44)(H,45,46)/q-2/t31-,32+,33+/m0/s1. The van der Waals surface area contributed by atoms with E-state index < -0.39 is 97.5 Å². The zero-order valence-electron chi connectivity index (χ0n) is 33.5. The van der Waals surface area contributed by atoms with E-state index in [-0.39, 0.29) is 25.7 Å². The van der Waals surface area contributed by atoms with E-state index in [1.165, 1.54) is 0 Å². The molecule has 0 heterocycles. The predicted octanol–water partition coefficient (Wildman–Crippen LogP) is 7.03. The van der Waals surface area contributed by atoms with Gasteiger partial charge in [0.15, 0.2) is 12.2 Å². The molecule has 0 bridgehead atoms. The van der Waals surface area contributed by atoms with E-state index >= 15 is 0 Å². The van der Waals surface area contributed by atoms with Gasteiger partial charge in [0.2, 0.25) is 0 Å². The van der Waals surface area contributed by atoms with Gasteiger partial charge in [-0.05, 0) is 19.3 Å². The number of rotatable bonds is 38. The van der Waals surface area contributed by atoms with Crippen LogP contribution in [0.2, 0.25) is 0 Å². The Kier molecular flexibility index (Phi) is 32.8. The van der Waals surface area contributed by atoms with E-state index in [0.29, 0.717) is 19.3 Å². The van der Waals surface area contributed by atoms with Crippen molar-refractivity contribution in [2.45, 2.75) is 161 Å². The van der Waals surface area contributed by atoms with Crippen LogP contribution in [0.25, 0.3) is 0 Å². The summed E-state index contributed by atoms with van der Waals surface area (Å²) < 4.78 is 65.3. The average Bonchev–Trinajstić information content (AvgIpc) is 3.16. The van der Waals surface area contributed by atoms with E-state index in [9.17, 15) is 43.2 Å². The van der Waals surface area contributed by atoms with E-state index in [0.717, 1.165) is 83.5 Å². The molecule has 2 unspecified atom stereocenters. The second-order valence-corrected chi connectivity index (χ2v) is 16.2. The average molecular weight is 847 g/mol. The van der Waals surface area contributed by atoms with Crippen molar-refractivity contribution in [1.29, 1.82) is 0 Å². The lowest BCUT2D eigenvalue weighted by Gasteiger charge is -2.21. The third kappa shape index (κ3) is 33.1. The summed E-state index contributed by atoms with van der Waals surface area (Å²) in [4.78, 5) is 68.9. The number of aliphatic hydroxyl groups excluding tert-OH is 1. The van der Waals surface area contributed by atoms with Crippen LogP contribution in [0.5, 0.6) is 0 Å². The first-order valence-electron chi connectivity index (χ1n) is 19.9. The fraction of sp³-hybridized carbons (Fsp3) is 0.838.